The van der Waals surface area contributed by atoms with E-state index in [1.807, 2.05) is 29.6 Å². The molecular formula is C15H8BrClFNS. The van der Waals surface area contributed by atoms with Crippen LogP contribution in [0.2, 0.25) is 5.02 Å². The molecule has 0 saturated carbocycles. The summed E-state index contributed by atoms with van der Waals surface area (Å²) in [5.41, 5.74) is 2.52. The largest absolute Gasteiger partial charge is 0.236 e. The van der Waals surface area contributed by atoms with Crippen LogP contribution in [0.15, 0.2) is 52.3 Å². The molecule has 0 aliphatic carbocycles. The highest BCUT2D eigenvalue weighted by Gasteiger charge is 2.11. The zero-order chi connectivity index (χ0) is 14.1. The van der Waals surface area contributed by atoms with E-state index in [9.17, 15) is 4.39 Å². The lowest BCUT2D eigenvalue weighted by Crippen LogP contribution is -1.83. The molecule has 0 atom stereocenters. The third-order valence-electron chi connectivity index (χ3n) is 2.82. The highest BCUT2D eigenvalue weighted by molar-refractivity contribution is 9.10. The number of rotatable bonds is 2. The molecule has 0 bridgehead atoms. The lowest BCUT2D eigenvalue weighted by atomic mass is 10.1. The van der Waals surface area contributed by atoms with Crippen molar-refractivity contribution in [3.8, 4) is 21.8 Å². The van der Waals surface area contributed by atoms with Crippen molar-refractivity contribution in [1.29, 1.82) is 0 Å². The van der Waals surface area contributed by atoms with E-state index in [0.717, 1.165) is 26.3 Å². The van der Waals surface area contributed by atoms with Crippen LogP contribution in [0.3, 0.4) is 0 Å². The SMILES string of the molecule is Fc1ccc(-c2csc(-c3ccccc3Br)n2)c(Cl)c1. The van der Waals surface area contributed by atoms with Gasteiger partial charge in [0.25, 0.3) is 0 Å². The van der Waals surface area contributed by atoms with Crippen molar-refractivity contribution >= 4 is 38.9 Å². The molecular weight excluding hydrogens is 361 g/mol. The van der Waals surface area contributed by atoms with Crippen molar-refractivity contribution in [2.24, 2.45) is 0 Å². The molecule has 3 aromatic rings. The zero-order valence-electron chi connectivity index (χ0n) is 10.1. The molecule has 1 heterocycles. The number of aromatic nitrogens is 1. The van der Waals surface area contributed by atoms with Gasteiger partial charge in [-0.15, -0.1) is 11.3 Å². The van der Waals surface area contributed by atoms with Crippen LogP contribution in [0, 0.1) is 5.82 Å². The Labute approximate surface area is 133 Å². The first-order valence-corrected chi connectivity index (χ1v) is 7.86. The summed E-state index contributed by atoms with van der Waals surface area (Å²) >= 11 is 11.1. The summed E-state index contributed by atoms with van der Waals surface area (Å²) in [4.78, 5) is 4.58. The standard InChI is InChI=1S/C15H8BrClFNS/c16-12-4-2-1-3-10(12)15-19-14(8-20-15)11-6-5-9(18)7-13(11)17/h1-8H. The molecule has 0 radical (unpaired) electrons. The molecule has 3 rings (SSSR count). The molecule has 5 heteroatoms. The monoisotopic (exact) mass is 367 g/mol. The van der Waals surface area contributed by atoms with Crippen LogP contribution in [-0.4, -0.2) is 4.98 Å². The summed E-state index contributed by atoms with van der Waals surface area (Å²) in [7, 11) is 0. The van der Waals surface area contributed by atoms with Gasteiger partial charge in [0.1, 0.15) is 10.8 Å². The summed E-state index contributed by atoms with van der Waals surface area (Å²) in [6.07, 6.45) is 0. The highest BCUT2D eigenvalue weighted by Crippen LogP contribution is 2.35. The molecule has 0 fully saturated rings. The van der Waals surface area contributed by atoms with Crippen LogP contribution in [0.25, 0.3) is 21.8 Å². The fraction of sp³-hybridized carbons (Fsp3) is 0. The minimum Gasteiger partial charge on any atom is -0.236 e. The van der Waals surface area contributed by atoms with Crippen molar-refractivity contribution in [2.45, 2.75) is 0 Å². The van der Waals surface area contributed by atoms with Gasteiger partial charge < -0.3 is 0 Å². The van der Waals surface area contributed by atoms with Crippen LogP contribution < -0.4 is 0 Å². The second kappa shape index (κ2) is 5.64. The van der Waals surface area contributed by atoms with Gasteiger partial charge in [-0.1, -0.05) is 45.7 Å². The first-order valence-electron chi connectivity index (χ1n) is 5.81. The third kappa shape index (κ3) is 2.64. The van der Waals surface area contributed by atoms with E-state index in [1.165, 1.54) is 23.5 Å². The van der Waals surface area contributed by atoms with Crippen LogP contribution in [0.1, 0.15) is 0 Å². The number of hydrogen-bond acceptors (Lipinski definition) is 2. The average molecular weight is 369 g/mol. The number of benzene rings is 2. The molecule has 0 aliphatic rings. The normalized spacial score (nSPS) is 10.8. The van der Waals surface area contributed by atoms with Gasteiger partial charge >= 0.3 is 0 Å². The maximum absolute atomic E-state index is 13.1. The molecule has 1 nitrogen and oxygen atoms in total. The Morgan fingerprint density at radius 2 is 1.90 bits per heavy atom. The van der Waals surface area contributed by atoms with Gasteiger partial charge in [0.05, 0.1) is 10.7 Å². The molecule has 0 spiro atoms. The summed E-state index contributed by atoms with van der Waals surface area (Å²) in [6.45, 7) is 0. The number of hydrogen-bond donors (Lipinski definition) is 0. The fourth-order valence-electron chi connectivity index (χ4n) is 1.85. The van der Waals surface area contributed by atoms with Crippen molar-refractivity contribution < 1.29 is 4.39 Å². The molecule has 2 aromatic carbocycles. The lowest BCUT2D eigenvalue weighted by molar-refractivity contribution is 0.628. The van der Waals surface area contributed by atoms with E-state index in [0.29, 0.717) is 5.02 Å². The summed E-state index contributed by atoms with van der Waals surface area (Å²) < 4.78 is 14.1. The molecule has 0 unspecified atom stereocenters. The third-order valence-corrected chi connectivity index (χ3v) is 4.70. The maximum Gasteiger partial charge on any atom is 0.125 e. The van der Waals surface area contributed by atoms with Crippen molar-refractivity contribution in [1.82, 2.24) is 4.98 Å². The summed E-state index contributed by atoms with van der Waals surface area (Å²) in [5.74, 6) is -0.347. The second-order valence-electron chi connectivity index (χ2n) is 4.14. The van der Waals surface area contributed by atoms with E-state index in [4.69, 9.17) is 11.6 Å². The van der Waals surface area contributed by atoms with Gasteiger partial charge in [0, 0.05) is 21.0 Å². The van der Waals surface area contributed by atoms with Gasteiger partial charge in [-0.2, -0.15) is 0 Å². The Morgan fingerprint density at radius 1 is 1.10 bits per heavy atom. The van der Waals surface area contributed by atoms with Crippen LogP contribution in [0.4, 0.5) is 4.39 Å². The Bertz CT molecular complexity index is 772. The van der Waals surface area contributed by atoms with Crippen LogP contribution in [0.5, 0.6) is 0 Å². The lowest BCUT2D eigenvalue weighted by Gasteiger charge is -2.01. The predicted molar refractivity (Wildman–Crippen MR) is 85.7 cm³/mol. The Hall–Kier alpha value is -1.23. The van der Waals surface area contributed by atoms with Crippen LogP contribution in [-0.2, 0) is 0 Å². The molecule has 0 aliphatic heterocycles. The minimum atomic E-state index is -0.347. The number of halogens is 3. The fourth-order valence-corrected chi connectivity index (χ4v) is 3.58. The molecule has 0 N–H and O–H groups in total. The van der Waals surface area contributed by atoms with Gasteiger partial charge in [0.2, 0.25) is 0 Å². The molecule has 1 aromatic heterocycles. The first-order chi connectivity index (χ1) is 9.65. The van der Waals surface area contributed by atoms with Gasteiger partial charge in [0.15, 0.2) is 0 Å². The van der Waals surface area contributed by atoms with E-state index in [1.54, 1.807) is 6.07 Å². The Morgan fingerprint density at radius 3 is 2.65 bits per heavy atom. The highest BCUT2D eigenvalue weighted by atomic mass is 79.9. The van der Waals surface area contributed by atoms with Crippen molar-refractivity contribution in [3.63, 3.8) is 0 Å². The number of nitrogens with zero attached hydrogens (tertiary/aromatic N) is 1. The quantitative estimate of drug-likeness (QED) is 0.538. The van der Waals surface area contributed by atoms with Gasteiger partial charge in [-0.05, 0) is 24.3 Å². The zero-order valence-corrected chi connectivity index (χ0v) is 13.3. The molecule has 20 heavy (non-hydrogen) atoms. The minimum absolute atomic E-state index is 0.347. The van der Waals surface area contributed by atoms with Crippen molar-refractivity contribution in [2.75, 3.05) is 0 Å². The molecule has 0 saturated heterocycles. The Kier molecular flexibility index (Phi) is 3.87. The smallest absolute Gasteiger partial charge is 0.125 e. The second-order valence-corrected chi connectivity index (χ2v) is 6.26. The van der Waals surface area contributed by atoms with Gasteiger partial charge in [-0.3, -0.25) is 0 Å². The summed E-state index contributed by atoms with van der Waals surface area (Å²) in [5, 5.41) is 3.19. The molecule has 100 valence electrons. The van der Waals surface area contributed by atoms with Gasteiger partial charge in [-0.25, -0.2) is 9.37 Å². The Balaban J connectivity index is 2.04. The van der Waals surface area contributed by atoms with Crippen LogP contribution >= 0.6 is 38.9 Å². The topological polar surface area (TPSA) is 12.9 Å². The predicted octanol–water partition coefficient (Wildman–Crippen LogP) is 6.03. The molecule has 0 amide bonds. The van der Waals surface area contributed by atoms with Crippen molar-refractivity contribution in [3.05, 3.63) is 63.2 Å². The average Bonchev–Trinajstić information content (AvgIpc) is 2.88. The van der Waals surface area contributed by atoms with E-state index in [2.05, 4.69) is 20.9 Å². The van der Waals surface area contributed by atoms with E-state index < -0.39 is 0 Å². The summed E-state index contributed by atoms with van der Waals surface area (Å²) in [6, 6.07) is 12.2. The first kappa shape index (κ1) is 13.7. The van der Waals surface area contributed by atoms with E-state index >= 15 is 0 Å². The number of thiazole rings is 1. The maximum atomic E-state index is 13.1. The van der Waals surface area contributed by atoms with E-state index in [-0.39, 0.29) is 5.82 Å².